The monoisotopic (exact) mass is 533 g/mol. The topological polar surface area (TPSA) is 79.8 Å². The van der Waals surface area contributed by atoms with Gasteiger partial charge in [0.05, 0.1) is 10.7 Å². The number of hydrogen-bond donors (Lipinski definition) is 2. The molecule has 0 spiro atoms. The van der Waals surface area contributed by atoms with Crippen molar-refractivity contribution in [3.05, 3.63) is 92.4 Å². The number of halogens is 3. The van der Waals surface area contributed by atoms with Gasteiger partial charge in [-0.05, 0) is 70.0 Å². The molecule has 0 saturated heterocycles. The van der Waals surface area contributed by atoms with Crippen LogP contribution in [0.15, 0.2) is 76.3 Å². The van der Waals surface area contributed by atoms with Crippen molar-refractivity contribution in [1.29, 1.82) is 0 Å². The van der Waals surface area contributed by atoms with Crippen molar-refractivity contribution in [3.63, 3.8) is 0 Å². The molecule has 2 amide bonds. The molecule has 0 aliphatic heterocycles. The van der Waals surface area contributed by atoms with Crippen LogP contribution in [-0.4, -0.2) is 18.0 Å². The number of hydrogen-bond acceptors (Lipinski definition) is 4. The zero-order chi connectivity index (χ0) is 22.9. The molecule has 3 rings (SSSR count). The van der Waals surface area contributed by atoms with Crippen molar-refractivity contribution in [1.82, 2.24) is 5.43 Å². The molecule has 2 N–H and O–H groups in total. The maximum Gasteiger partial charge on any atom is 0.249 e. The number of ether oxygens (including phenoxy) is 1. The summed E-state index contributed by atoms with van der Waals surface area (Å²) < 4.78 is 6.53. The van der Waals surface area contributed by atoms with E-state index in [2.05, 4.69) is 31.8 Å². The molecule has 0 unspecified atom stereocenters. The quantitative estimate of drug-likeness (QED) is 0.217. The zero-order valence-corrected chi connectivity index (χ0v) is 19.7. The van der Waals surface area contributed by atoms with Crippen LogP contribution < -0.4 is 15.5 Å². The van der Waals surface area contributed by atoms with Gasteiger partial charge in [0.2, 0.25) is 11.8 Å². The second-order valence-electron chi connectivity index (χ2n) is 6.59. The van der Waals surface area contributed by atoms with Gasteiger partial charge >= 0.3 is 0 Å². The van der Waals surface area contributed by atoms with E-state index in [0.29, 0.717) is 28.1 Å². The Balaban J connectivity index is 1.47. The lowest BCUT2D eigenvalue weighted by Gasteiger charge is -2.10. The van der Waals surface area contributed by atoms with Crippen LogP contribution in [0.2, 0.25) is 10.0 Å². The average molecular weight is 535 g/mol. The standard InChI is InChI=1S/C23H18BrCl2N3O3/c24-19-11-15(5-10-21(19)32-14-16-3-1-2-4-20(16)26)13-27-29-23(31)12-22(30)28-18-8-6-17(25)7-9-18/h1-11,13H,12,14H2,(H,28,30)(H,29,31). The normalized spacial score (nSPS) is 10.7. The molecule has 0 heterocycles. The number of amides is 2. The Bertz CT molecular complexity index is 1140. The van der Waals surface area contributed by atoms with Gasteiger partial charge < -0.3 is 10.1 Å². The minimum absolute atomic E-state index is 0.333. The van der Waals surface area contributed by atoms with Crippen LogP contribution in [-0.2, 0) is 16.2 Å². The van der Waals surface area contributed by atoms with E-state index in [9.17, 15) is 9.59 Å². The predicted octanol–water partition coefficient (Wildman–Crippen LogP) is 5.81. The summed E-state index contributed by atoms with van der Waals surface area (Å²) >= 11 is 15.4. The first-order chi connectivity index (χ1) is 15.4. The summed E-state index contributed by atoms with van der Waals surface area (Å²) in [7, 11) is 0. The van der Waals surface area contributed by atoms with Crippen molar-refractivity contribution in [3.8, 4) is 5.75 Å². The lowest BCUT2D eigenvalue weighted by Crippen LogP contribution is -2.24. The first-order valence-electron chi connectivity index (χ1n) is 9.44. The van der Waals surface area contributed by atoms with Gasteiger partial charge in [-0.2, -0.15) is 5.10 Å². The largest absolute Gasteiger partial charge is 0.488 e. The maximum absolute atomic E-state index is 11.9. The number of anilines is 1. The lowest BCUT2D eigenvalue weighted by atomic mass is 10.2. The first-order valence-corrected chi connectivity index (χ1v) is 11.0. The Hall–Kier alpha value is -2.87. The molecule has 0 fully saturated rings. The fourth-order valence-corrected chi connectivity index (χ4v) is 3.42. The van der Waals surface area contributed by atoms with E-state index in [4.69, 9.17) is 27.9 Å². The fraction of sp³-hybridized carbons (Fsp3) is 0.0870. The summed E-state index contributed by atoms with van der Waals surface area (Å²) in [5, 5.41) is 7.70. The molecule has 6 nitrogen and oxygen atoms in total. The van der Waals surface area contributed by atoms with E-state index in [1.165, 1.54) is 6.21 Å². The highest BCUT2D eigenvalue weighted by Crippen LogP contribution is 2.27. The van der Waals surface area contributed by atoms with Gasteiger partial charge in [0.25, 0.3) is 0 Å². The third-order valence-electron chi connectivity index (χ3n) is 4.15. The number of carbonyl (C=O) groups is 2. The van der Waals surface area contributed by atoms with Crippen LogP contribution in [0.3, 0.4) is 0 Å². The molecule has 0 saturated carbocycles. The molecule has 0 radical (unpaired) electrons. The number of nitrogens with one attached hydrogen (secondary N) is 2. The zero-order valence-electron chi connectivity index (χ0n) is 16.6. The molecular formula is C23H18BrCl2N3O3. The van der Waals surface area contributed by atoms with Gasteiger partial charge in [0.15, 0.2) is 0 Å². The Morgan fingerprint density at radius 2 is 1.75 bits per heavy atom. The van der Waals surface area contributed by atoms with Gasteiger partial charge in [-0.15, -0.1) is 0 Å². The molecule has 164 valence electrons. The number of rotatable bonds is 8. The highest BCUT2D eigenvalue weighted by atomic mass is 79.9. The van der Waals surface area contributed by atoms with Crippen LogP contribution in [0, 0.1) is 0 Å². The highest BCUT2D eigenvalue weighted by molar-refractivity contribution is 9.10. The number of nitrogens with zero attached hydrogens (tertiary/aromatic N) is 1. The van der Waals surface area contributed by atoms with E-state index >= 15 is 0 Å². The molecular weight excluding hydrogens is 517 g/mol. The highest BCUT2D eigenvalue weighted by Gasteiger charge is 2.09. The number of hydrazone groups is 1. The van der Waals surface area contributed by atoms with Crippen LogP contribution in [0.25, 0.3) is 0 Å². The fourth-order valence-electron chi connectivity index (χ4n) is 2.59. The Kier molecular flexibility index (Phi) is 8.67. The molecule has 0 aliphatic carbocycles. The van der Waals surface area contributed by atoms with E-state index < -0.39 is 11.8 Å². The first kappa shape index (κ1) is 23.8. The smallest absolute Gasteiger partial charge is 0.249 e. The number of benzene rings is 3. The van der Waals surface area contributed by atoms with Gasteiger partial charge in [-0.25, -0.2) is 5.43 Å². The molecule has 0 bridgehead atoms. The molecule has 3 aromatic rings. The summed E-state index contributed by atoms with van der Waals surface area (Å²) in [6, 6.07) is 19.4. The van der Waals surface area contributed by atoms with E-state index in [0.717, 1.165) is 15.6 Å². The van der Waals surface area contributed by atoms with Crippen LogP contribution in [0.5, 0.6) is 5.75 Å². The second-order valence-corrected chi connectivity index (χ2v) is 8.29. The SMILES string of the molecule is O=C(CC(=O)Nc1ccc(Cl)cc1)NN=Cc1ccc(OCc2ccccc2Cl)c(Br)c1. The van der Waals surface area contributed by atoms with Gasteiger partial charge in [-0.1, -0.05) is 41.4 Å². The molecule has 0 aromatic heterocycles. The molecule has 32 heavy (non-hydrogen) atoms. The van der Waals surface area contributed by atoms with E-state index in [1.54, 1.807) is 42.5 Å². The third-order valence-corrected chi connectivity index (χ3v) is 5.39. The summed E-state index contributed by atoms with van der Waals surface area (Å²) in [5.41, 5.74) is 4.50. The Morgan fingerprint density at radius 3 is 2.47 bits per heavy atom. The number of carbonyl (C=O) groups excluding carboxylic acids is 2. The average Bonchev–Trinajstić information content (AvgIpc) is 2.76. The van der Waals surface area contributed by atoms with Gasteiger partial charge in [0.1, 0.15) is 18.8 Å². The van der Waals surface area contributed by atoms with Crippen molar-refractivity contribution >= 4 is 62.8 Å². The summed E-state index contributed by atoms with van der Waals surface area (Å²) in [6.45, 7) is 0.333. The summed E-state index contributed by atoms with van der Waals surface area (Å²) in [5.74, 6) is -0.348. The van der Waals surface area contributed by atoms with Crippen LogP contribution in [0.4, 0.5) is 5.69 Å². The van der Waals surface area contributed by atoms with Gasteiger partial charge in [-0.3, -0.25) is 9.59 Å². The second kappa shape index (κ2) is 11.7. The lowest BCUT2D eigenvalue weighted by molar-refractivity contribution is -0.126. The predicted molar refractivity (Wildman–Crippen MR) is 130 cm³/mol. The van der Waals surface area contributed by atoms with E-state index in [-0.39, 0.29) is 6.42 Å². The molecule has 0 aliphatic rings. The Morgan fingerprint density at radius 1 is 1.00 bits per heavy atom. The maximum atomic E-state index is 11.9. The molecule has 0 atom stereocenters. The summed E-state index contributed by atoms with van der Waals surface area (Å²) in [6.07, 6.45) is 1.11. The Labute approximate surface area is 203 Å². The molecule has 3 aromatic carbocycles. The van der Waals surface area contributed by atoms with Crippen molar-refractivity contribution in [2.45, 2.75) is 13.0 Å². The minimum atomic E-state index is -0.536. The summed E-state index contributed by atoms with van der Waals surface area (Å²) in [4.78, 5) is 23.8. The van der Waals surface area contributed by atoms with Crippen LogP contribution in [0.1, 0.15) is 17.5 Å². The van der Waals surface area contributed by atoms with Gasteiger partial charge in [0, 0.05) is 21.3 Å². The van der Waals surface area contributed by atoms with Crippen molar-refractivity contribution < 1.29 is 14.3 Å². The van der Waals surface area contributed by atoms with E-state index in [1.807, 2.05) is 24.3 Å². The molecule has 9 heteroatoms. The van der Waals surface area contributed by atoms with Crippen molar-refractivity contribution in [2.75, 3.05) is 5.32 Å². The third kappa shape index (κ3) is 7.37. The van der Waals surface area contributed by atoms with Crippen molar-refractivity contribution in [2.24, 2.45) is 5.10 Å². The minimum Gasteiger partial charge on any atom is -0.488 e. The van der Waals surface area contributed by atoms with Crippen LogP contribution >= 0.6 is 39.1 Å².